The topological polar surface area (TPSA) is 112 Å². The summed E-state index contributed by atoms with van der Waals surface area (Å²) in [5.41, 5.74) is -0.994. The van der Waals surface area contributed by atoms with Crippen LogP contribution in [0.5, 0.6) is 0 Å². The van der Waals surface area contributed by atoms with Crippen LogP contribution in [0.2, 0.25) is 0 Å². The van der Waals surface area contributed by atoms with Gasteiger partial charge in [0.25, 0.3) is 11.8 Å². The zero-order valence-corrected chi connectivity index (χ0v) is 9.26. The Balaban J connectivity index is 3.22. The van der Waals surface area contributed by atoms with Crippen LogP contribution in [-0.4, -0.2) is 51.3 Å². The molecule has 0 aromatic carbocycles. The summed E-state index contributed by atoms with van der Waals surface area (Å²) in [6, 6.07) is 0. The molecule has 1 aliphatic rings. The number of hydrogen-bond acceptors (Lipinski definition) is 6. The lowest BCUT2D eigenvalue weighted by atomic mass is 10.0. The van der Waals surface area contributed by atoms with Crippen LogP contribution in [0.15, 0.2) is 11.1 Å². The average Bonchev–Trinajstić information content (AvgIpc) is 2.41. The Bertz CT molecular complexity index is 412. The predicted octanol–water partition coefficient (Wildman–Crippen LogP) is -1.86. The SMILES string of the molecule is CC(=O)C1=C(C(C)=O)C(=O)N(CC(O)O)C1=O. The van der Waals surface area contributed by atoms with Crippen LogP contribution in [0, 0.1) is 0 Å². The maximum absolute atomic E-state index is 11.7. The minimum Gasteiger partial charge on any atom is -0.367 e. The van der Waals surface area contributed by atoms with Crippen LogP contribution >= 0.6 is 0 Å². The van der Waals surface area contributed by atoms with E-state index < -0.39 is 47.4 Å². The van der Waals surface area contributed by atoms with E-state index in [9.17, 15) is 19.2 Å². The van der Waals surface area contributed by atoms with Crippen LogP contribution < -0.4 is 0 Å². The maximum atomic E-state index is 11.7. The molecule has 0 radical (unpaired) electrons. The standard InChI is InChI=1S/C10H11NO6/c1-4(12)7-8(5(2)13)10(17)11(9(7)16)3-6(14)15/h6,14-15H,3H2,1-2H3. The molecule has 0 saturated heterocycles. The third-order valence-corrected chi connectivity index (χ3v) is 2.22. The van der Waals surface area contributed by atoms with Crippen molar-refractivity contribution >= 4 is 23.4 Å². The molecule has 0 unspecified atom stereocenters. The van der Waals surface area contributed by atoms with Crippen molar-refractivity contribution in [3.05, 3.63) is 11.1 Å². The average molecular weight is 241 g/mol. The minimum absolute atomic E-state index is 0.470. The molecule has 0 aromatic heterocycles. The highest BCUT2D eigenvalue weighted by Gasteiger charge is 2.42. The van der Waals surface area contributed by atoms with Gasteiger partial charge in [0.15, 0.2) is 17.9 Å². The van der Waals surface area contributed by atoms with Gasteiger partial charge in [0.1, 0.15) is 0 Å². The Labute approximate surface area is 96.3 Å². The lowest BCUT2D eigenvalue weighted by molar-refractivity contribution is -0.145. The summed E-state index contributed by atoms with van der Waals surface area (Å²) < 4.78 is 0. The minimum atomic E-state index is -1.91. The van der Waals surface area contributed by atoms with E-state index in [1.165, 1.54) is 0 Å². The molecule has 7 heteroatoms. The van der Waals surface area contributed by atoms with Gasteiger partial charge in [-0.3, -0.25) is 24.1 Å². The molecule has 0 aromatic rings. The largest absolute Gasteiger partial charge is 0.367 e. The third kappa shape index (κ3) is 2.29. The number of nitrogens with zero attached hydrogens (tertiary/aromatic N) is 1. The van der Waals surface area contributed by atoms with Crippen molar-refractivity contribution in [3.8, 4) is 0 Å². The summed E-state index contributed by atoms with van der Waals surface area (Å²) in [6.45, 7) is 1.44. The number of amides is 2. The van der Waals surface area contributed by atoms with E-state index in [1.54, 1.807) is 0 Å². The number of hydrogen-bond donors (Lipinski definition) is 2. The number of Topliss-reactive ketones (excluding diaryl/α,β-unsaturated/α-hetero) is 2. The van der Waals surface area contributed by atoms with Gasteiger partial charge in [0, 0.05) is 0 Å². The molecule has 0 aliphatic carbocycles. The van der Waals surface area contributed by atoms with Crippen molar-refractivity contribution in [2.45, 2.75) is 20.1 Å². The first kappa shape index (κ1) is 13.2. The summed E-state index contributed by atoms with van der Waals surface area (Å²) in [5.74, 6) is -3.35. The first-order chi connectivity index (χ1) is 7.77. The summed E-state index contributed by atoms with van der Waals surface area (Å²) in [5, 5.41) is 17.4. The zero-order valence-electron chi connectivity index (χ0n) is 9.26. The summed E-state index contributed by atoms with van der Waals surface area (Å²) in [6.07, 6.45) is -1.91. The number of imide groups is 1. The zero-order chi connectivity index (χ0) is 13.3. The van der Waals surface area contributed by atoms with Crippen molar-refractivity contribution < 1.29 is 29.4 Å². The number of carbonyl (C=O) groups is 4. The van der Waals surface area contributed by atoms with Crippen LogP contribution in [0.25, 0.3) is 0 Å². The maximum Gasteiger partial charge on any atom is 0.265 e. The quantitative estimate of drug-likeness (QED) is 0.339. The lowest BCUT2D eigenvalue weighted by Crippen LogP contribution is -2.39. The first-order valence-electron chi connectivity index (χ1n) is 4.75. The summed E-state index contributed by atoms with van der Waals surface area (Å²) in [7, 11) is 0. The molecule has 1 aliphatic heterocycles. The molecular formula is C10H11NO6. The Morgan fingerprint density at radius 1 is 1.06 bits per heavy atom. The van der Waals surface area contributed by atoms with Crippen molar-refractivity contribution in [2.75, 3.05) is 6.54 Å². The molecule has 0 saturated carbocycles. The van der Waals surface area contributed by atoms with E-state index in [1.807, 2.05) is 0 Å². The molecule has 7 nitrogen and oxygen atoms in total. The molecule has 92 valence electrons. The molecule has 0 bridgehead atoms. The van der Waals surface area contributed by atoms with E-state index >= 15 is 0 Å². The lowest BCUT2D eigenvalue weighted by Gasteiger charge is -2.15. The van der Waals surface area contributed by atoms with Crippen LogP contribution in [0.3, 0.4) is 0 Å². The summed E-state index contributed by atoms with van der Waals surface area (Å²) >= 11 is 0. The van der Waals surface area contributed by atoms with Gasteiger partial charge in [-0.25, -0.2) is 0 Å². The number of aliphatic hydroxyl groups excluding tert-OH is 1. The van der Waals surface area contributed by atoms with E-state index in [2.05, 4.69) is 0 Å². The van der Waals surface area contributed by atoms with Crippen molar-refractivity contribution in [3.63, 3.8) is 0 Å². The van der Waals surface area contributed by atoms with Crippen LogP contribution in [0.1, 0.15) is 13.8 Å². The normalized spacial score (nSPS) is 16.2. The molecule has 0 fully saturated rings. The molecule has 2 N–H and O–H groups in total. The highest BCUT2D eigenvalue weighted by molar-refractivity contribution is 6.39. The second-order valence-electron chi connectivity index (χ2n) is 3.56. The van der Waals surface area contributed by atoms with Gasteiger partial charge in [0.05, 0.1) is 17.7 Å². The smallest absolute Gasteiger partial charge is 0.265 e. The Morgan fingerprint density at radius 2 is 1.41 bits per heavy atom. The highest BCUT2D eigenvalue weighted by Crippen LogP contribution is 2.22. The monoisotopic (exact) mass is 241 g/mol. The second-order valence-corrected chi connectivity index (χ2v) is 3.56. The fourth-order valence-electron chi connectivity index (χ4n) is 1.56. The van der Waals surface area contributed by atoms with E-state index in [-0.39, 0.29) is 0 Å². The number of carbonyl (C=O) groups excluding carboxylic acids is 4. The molecular weight excluding hydrogens is 230 g/mol. The molecule has 2 amide bonds. The second kappa shape index (κ2) is 4.56. The van der Waals surface area contributed by atoms with E-state index in [4.69, 9.17) is 10.2 Å². The highest BCUT2D eigenvalue weighted by atomic mass is 16.5. The molecule has 0 atom stereocenters. The Hall–Kier alpha value is -1.86. The number of aliphatic hydroxyl groups is 2. The van der Waals surface area contributed by atoms with Gasteiger partial charge >= 0.3 is 0 Å². The van der Waals surface area contributed by atoms with Crippen molar-refractivity contribution in [2.24, 2.45) is 0 Å². The van der Waals surface area contributed by atoms with Crippen LogP contribution in [-0.2, 0) is 19.2 Å². The van der Waals surface area contributed by atoms with Gasteiger partial charge in [0.2, 0.25) is 0 Å². The number of rotatable bonds is 4. The van der Waals surface area contributed by atoms with E-state index in [0.717, 1.165) is 13.8 Å². The predicted molar refractivity (Wildman–Crippen MR) is 53.3 cm³/mol. The number of ketones is 2. The van der Waals surface area contributed by atoms with Crippen LogP contribution in [0.4, 0.5) is 0 Å². The van der Waals surface area contributed by atoms with Gasteiger partial charge in [-0.2, -0.15) is 0 Å². The first-order valence-corrected chi connectivity index (χ1v) is 4.75. The molecule has 1 heterocycles. The fraction of sp³-hybridized carbons (Fsp3) is 0.400. The van der Waals surface area contributed by atoms with Gasteiger partial charge < -0.3 is 10.2 Å². The molecule has 1 rings (SSSR count). The Morgan fingerprint density at radius 3 is 1.65 bits per heavy atom. The van der Waals surface area contributed by atoms with Crippen molar-refractivity contribution in [1.82, 2.24) is 4.90 Å². The van der Waals surface area contributed by atoms with E-state index in [0.29, 0.717) is 4.90 Å². The van der Waals surface area contributed by atoms with Gasteiger partial charge in [-0.15, -0.1) is 0 Å². The number of β-amino-alcohol motifs (C(OH)–C–C–N with tert-alkyl or cyclic N) is 2. The van der Waals surface area contributed by atoms with Gasteiger partial charge in [-0.1, -0.05) is 0 Å². The molecule has 17 heavy (non-hydrogen) atoms. The fourth-order valence-corrected chi connectivity index (χ4v) is 1.56. The summed E-state index contributed by atoms with van der Waals surface area (Å²) in [4.78, 5) is 46.2. The van der Waals surface area contributed by atoms with Crippen molar-refractivity contribution in [1.29, 1.82) is 0 Å². The Kier molecular flexibility index (Phi) is 3.54. The van der Waals surface area contributed by atoms with Gasteiger partial charge in [-0.05, 0) is 13.8 Å². The molecule has 0 spiro atoms. The third-order valence-electron chi connectivity index (χ3n) is 2.22.